The summed E-state index contributed by atoms with van der Waals surface area (Å²) in [6, 6.07) is 1.03. The molecule has 4 nitrogen and oxygen atoms in total. The summed E-state index contributed by atoms with van der Waals surface area (Å²) in [7, 11) is 1.48. The molecule has 1 unspecified atom stereocenters. The molecule has 1 rings (SSSR count). The molecule has 1 aromatic heterocycles. The Morgan fingerprint density at radius 2 is 2.19 bits per heavy atom. The van der Waals surface area contributed by atoms with Gasteiger partial charge < -0.3 is 9.29 Å². The number of pyridine rings is 1. The Balaban J connectivity index is 3.04. The van der Waals surface area contributed by atoms with Crippen molar-refractivity contribution in [1.82, 2.24) is 9.71 Å². The zero-order valence-electron chi connectivity index (χ0n) is 12.8. The van der Waals surface area contributed by atoms with Gasteiger partial charge in [-0.05, 0) is 39.7 Å². The van der Waals surface area contributed by atoms with Crippen LogP contribution in [0.3, 0.4) is 0 Å². The van der Waals surface area contributed by atoms with Crippen LogP contribution in [0.15, 0.2) is 12.3 Å². The molecule has 120 valence electrons. The van der Waals surface area contributed by atoms with E-state index in [0.717, 1.165) is 6.20 Å². The zero-order valence-corrected chi connectivity index (χ0v) is 14.4. The first-order valence-corrected chi connectivity index (χ1v) is 8.41. The molecule has 0 saturated carbocycles. The molecule has 7 heteroatoms. The highest BCUT2D eigenvalue weighted by Gasteiger charge is 2.31. The largest absolute Gasteiger partial charge is 0.598 e. The van der Waals surface area contributed by atoms with Crippen LogP contribution in [0.5, 0.6) is 5.88 Å². The van der Waals surface area contributed by atoms with E-state index in [4.69, 9.17) is 16.3 Å². The Hall–Kier alpha value is -0.560. The van der Waals surface area contributed by atoms with Crippen molar-refractivity contribution >= 4 is 23.0 Å². The van der Waals surface area contributed by atoms with Crippen LogP contribution in [-0.4, -0.2) is 27.3 Å². The molecule has 21 heavy (non-hydrogen) atoms. The fourth-order valence-electron chi connectivity index (χ4n) is 1.73. The Morgan fingerprint density at radius 1 is 1.52 bits per heavy atom. The average molecular weight is 337 g/mol. The smallest absolute Gasteiger partial charge is 0.218 e. The number of hydrogen-bond donors (Lipinski definition) is 1. The standard InChI is InChI=1S/C14H22ClFN2O2S/c1-14(2,3)21(19)18-12(6-5-7-15)11-8-10(16)9-17-13(11)20-4/h8-9,12,18H,5-7H2,1-4H3/t12?,21-/m0/s1. The first kappa shape index (κ1) is 18.5. The second kappa shape index (κ2) is 8.17. The van der Waals surface area contributed by atoms with Crippen LogP contribution in [0.4, 0.5) is 4.39 Å². The Kier molecular flexibility index (Phi) is 7.20. The van der Waals surface area contributed by atoms with Gasteiger partial charge >= 0.3 is 0 Å². The second-order valence-electron chi connectivity index (χ2n) is 5.63. The molecule has 0 aliphatic rings. The van der Waals surface area contributed by atoms with Gasteiger partial charge in [-0.1, -0.05) is 0 Å². The molecule has 0 aromatic carbocycles. The van der Waals surface area contributed by atoms with Gasteiger partial charge in [-0.3, -0.25) is 0 Å². The minimum Gasteiger partial charge on any atom is -0.598 e. The van der Waals surface area contributed by atoms with Crippen LogP contribution in [0, 0.1) is 5.82 Å². The molecular formula is C14H22ClFN2O2S. The number of alkyl halides is 1. The van der Waals surface area contributed by atoms with Gasteiger partial charge in [-0.2, -0.15) is 0 Å². The van der Waals surface area contributed by atoms with Gasteiger partial charge in [0.05, 0.1) is 19.3 Å². The number of halogens is 2. The monoisotopic (exact) mass is 336 g/mol. The van der Waals surface area contributed by atoms with E-state index >= 15 is 0 Å². The van der Waals surface area contributed by atoms with E-state index in [9.17, 15) is 8.94 Å². The van der Waals surface area contributed by atoms with Crippen molar-refractivity contribution in [2.24, 2.45) is 0 Å². The third kappa shape index (κ3) is 5.62. The molecular weight excluding hydrogens is 315 g/mol. The van der Waals surface area contributed by atoms with Gasteiger partial charge in [0, 0.05) is 22.8 Å². The van der Waals surface area contributed by atoms with Crippen LogP contribution >= 0.6 is 11.6 Å². The third-order valence-corrected chi connectivity index (χ3v) is 4.72. The van der Waals surface area contributed by atoms with Crippen molar-refractivity contribution < 1.29 is 13.7 Å². The second-order valence-corrected chi connectivity index (χ2v) is 8.01. The van der Waals surface area contributed by atoms with E-state index in [1.165, 1.54) is 13.2 Å². The summed E-state index contributed by atoms with van der Waals surface area (Å²) >= 11 is 4.45. The Morgan fingerprint density at radius 3 is 2.71 bits per heavy atom. The number of rotatable bonds is 7. The van der Waals surface area contributed by atoms with Crippen molar-refractivity contribution in [1.29, 1.82) is 0 Å². The summed E-state index contributed by atoms with van der Waals surface area (Å²) in [4.78, 5) is 3.93. The van der Waals surface area contributed by atoms with Crippen LogP contribution in [0.2, 0.25) is 0 Å². The number of nitrogens with one attached hydrogen (secondary N) is 1. The summed E-state index contributed by atoms with van der Waals surface area (Å²) in [5.74, 6) is 0.352. The van der Waals surface area contributed by atoms with Crippen LogP contribution in [-0.2, 0) is 11.4 Å². The zero-order chi connectivity index (χ0) is 16.0. The highest BCUT2D eigenvalue weighted by Crippen LogP contribution is 2.29. The lowest BCUT2D eigenvalue weighted by Gasteiger charge is -2.28. The van der Waals surface area contributed by atoms with Crippen LogP contribution < -0.4 is 9.46 Å². The molecule has 1 aromatic rings. The van der Waals surface area contributed by atoms with Gasteiger partial charge in [-0.15, -0.1) is 16.3 Å². The lowest BCUT2D eigenvalue weighted by molar-refractivity contribution is 0.381. The van der Waals surface area contributed by atoms with Gasteiger partial charge in [0.1, 0.15) is 10.6 Å². The number of aromatic nitrogens is 1. The summed E-state index contributed by atoms with van der Waals surface area (Å²) in [6.45, 7) is 5.61. The molecule has 0 radical (unpaired) electrons. The normalized spacial score (nSPS) is 14.8. The first-order valence-electron chi connectivity index (χ1n) is 6.73. The molecule has 0 spiro atoms. The Bertz CT molecular complexity index is 457. The quantitative estimate of drug-likeness (QED) is 0.613. The number of ether oxygens (including phenoxy) is 1. The van der Waals surface area contributed by atoms with Crippen molar-refractivity contribution in [3.05, 3.63) is 23.6 Å². The minimum atomic E-state index is -1.29. The molecule has 0 amide bonds. The summed E-state index contributed by atoms with van der Waals surface area (Å²) in [5.41, 5.74) is 0.556. The molecule has 0 saturated heterocycles. The summed E-state index contributed by atoms with van der Waals surface area (Å²) in [5, 5.41) is 0. The van der Waals surface area contributed by atoms with E-state index in [2.05, 4.69) is 9.71 Å². The predicted molar refractivity (Wildman–Crippen MR) is 84.5 cm³/mol. The summed E-state index contributed by atoms with van der Waals surface area (Å²) in [6.07, 6.45) is 2.43. The molecule has 0 bridgehead atoms. The molecule has 1 heterocycles. The summed E-state index contributed by atoms with van der Waals surface area (Å²) < 4.78 is 33.6. The molecule has 0 aliphatic heterocycles. The van der Waals surface area contributed by atoms with E-state index in [1.54, 1.807) is 0 Å². The lowest BCUT2D eigenvalue weighted by Crippen LogP contribution is -2.41. The predicted octanol–water partition coefficient (Wildman–Crippen LogP) is 3.34. The van der Waals surface area contributed by atoms with Crippen molar-refractivity contribution in [3.8, 4) is 5.88 Å². The minimum absolute atomic E-state index is 0.328. The van der Waals surface area contributed by atoms with Crippen LogP contribution in [0.25, 0.3) is 0 Å². The SMILES string of the molecule is COc1ncc(F)cc1C(CCCCl)N[S@@+]([O-])C(C)(C)C. The molecule has 1 N–H and O–H groups in total. The van der Waals surface area contributed by atoms with Gasteiger partial charge in [0.2, 0.25) is 5.88 Å². The maximum atomic E-state index is 13.5. The fraction of sp³-hybridized carbons (Fsp3) is 0.643. The maximum absolute atomic E-state index is 13.5. The van der Waals surface area contributed by atoms with E-state index in [0.29, 0.717) is 30.2 Å². The average Bonchev–Trinajstić information content (AvgIpc) is 2.42. The van der Waals surface area contributed by atoms with Crippen LogP contribution in [0.1, 0.15) is 45.2 Å². The molecule has 2 atom stereocenters. The molecule has 0 fully saturated rings. The first-order chi connectivity index (χ1) is 9.79. The number of methoxy groups -OCH3 is 1. The van der Waals surface area contributed by atoms with Gasteiger partial charge in [0.15, 0.2) is 0 Å². The third-order valence-electron chi connectivity index (χ3n) is 2.85. The highest BCUT2D eigenvalue weighted by molar-refractivity contribution is 7.90. The van der Waals surface area contributed by atoms with E-state index in [1.807, 2.05) is 20.8 Å². The van der Waals surface area contributed by atoms with Gasteiger partial charge in [-0.25, -0.2) is 9.37 Å². The van der Waals surface area contributed by atoms with E-state index < -0.39 is 21.9 Å². The maximum Gasteiger partial charge on any atom is 0.218 e. The number of nitrogens with zero attached hydrogens (tertiary/aromatic N) is 1. The lowest BCUT2D eigenvalue weighted by atomic mass is 10.0. The highest BCUT2D eigenvalue weighted by atomic mass is 35.5. The fourth-order valence-corrected chi connectivity index (χ4v) is 2.74. The van der Waals surface area contributed by atoms with Gasteiger partial charge in [0.25, 0.3) is 0 Å². The Labute approximate surface area is 133 Å². The molecule has 0 aliphatic carbocycles. The number of hydrogen-bond acceptors (Lipinski definition) is 4. The van der Waals surface area contributed by atoms with Crippen molar-refractivity contribution in [2.45, 2.75) is 44.4 Å². The van der Waals surface area contributed by atoms with E-state index in [-0.39, 0.29) is 6.04 Å². The van der Waals surface area contributed by atoms with Crippen molar-refractivity contribution in [3.63, 3.8) is 0 Å². The topological polar surface area (TPSA) is 57.2 Å². The van der Waals surface area contributed by atoms with Crippen molar-refractivity contribution in [2.75, 3.05) is 13.0 Å².